The van der Waals surface area contributed by atoms with Gasteiger partial charge < -0.3 is 10.6 Å². The minimum absolute atomic E-state index is 0.150. The van der Waals surface area contributed by atoms with Gasteiger partial charge >= 0.3 is 6.18 Å². The molecule has 1 rings (SSSR count). The Labute approximate surface area is 119 Å². The summed E-state index contributed by atoms with van der Waals surface area (Å²) in [6, 6.07) is 2.95. The zero-order valence-electron chi connectivity index (χ0n) is 11.6. The van der Waals surface area contributed by atoms with E-state index in [9.17, 15) is 22.0 Å². The zero-order valence-corrected chi connectivity index (χ0v) is 11.6. The van der Waals surface area contributed by atoms with Gasteiger partial charge in [0.15, 0.2) is 17.6 Å². The van der Waals surface area contributed by atoms with Crippen molar-refractivity contribution in [3.63, 3.8) is 0 Å². The number of alkyl halides is 3. The van der Waals surface area contributed by atoms with Crippen molar-refractivity contribution < 1.29 is 22.0 Å². The number of nitrogens with one attached hydrogen (secondary N) is 2. The van der Waals surface area contributed by atoms with Crippen LogP contribution in [0.25, 0.3) is 0 Å². The molecule has 0 aliphatic carbocycles. The van der Waals surface area contributed by atoms with E-state index in [0.29, 0.717) is 5.56 Å². The van der Waals surface area contributed by atoms with Gasteiger partial charge in [-0.05, 0) is 24.6 Å². The number of halogens is 5. The first kappa shape index (κ1) is 17.2. The lowest BCUT2D eigenvalue weighted by Crippen LogP contribution is -2.40. The first-order valence-corrected chi connectivity index (χ1v) is 6.22. The van der Waals surface area contributed by atoms with Crippen LogP contribution in [0.3, 0.4) is 0 Å². The maximum atomic E-state index is 13.1. The van der Waals surface area contributed by atoms with Gasteiger partial charge in [0.25, 0.3) is 0 Å². The summed E-state index contributed by atoms with van der Waals surface area (Å²) in [6.45, 7) is 1.33. The van der Waals surface area contributed by atoms with Crippen LogP contribution in [0, 0.1) is 11.6 Å². The van der Waals surface area contributed by atoms with E-state index in [-0.39, 0.29) is 12.5 Å². The minimum Gasteiger partial charge on any atom is -0.356 e. The standard InChI is InChI=1S/C13H16F5N3/c1-8(9-3-4-10(14)11(15)7-9)21-12(19-2)20-6-5-13(16,17)18/h3-4,7-8H,5-6H2,1-2H3,(H2,19,20,21). The Morgan fingerprint density at radius 1 is 1.24 bits per heavy atom. The van der Waals surface area contributed by atoms with Crippen LogP contribution in [0.2, 0.25) is 0 Å². The molecule has 118 valence electrons. The maximum Gasteiger partial charge on any atom is 0.390 e. The molecule has 2 N–H and O–H groups in total. The van der Waals surface area contributed by atoms with Crippen LogP contribution >= 0.6 is 0 Å². The number of hydrogen-bond donors (Lipinski definition) is 2. The van der Waals surface area contributed by atoms with Crippen molar-refractivity contribution in [1.82, 2.24) is 10.6 Å². The van der Waals surface area contributed by atoms with Crippen molar-refractivity contribution in [3.8, 4) is 0 Å². The predicted octanol–water partition coefficient (Wildman–Crippen LogP) is 3.14. The zero-order chi connectivity index (χ0) is 16.0. The SMILES string of the molecule is CN=C(NCCC(F)(F)F)NC(C)c1ccc(F)c(F)c1. The molecule has 0 saturated carbocycles. The molecule has 0 aliphatic heterocycles. The van der Waals surface area contributed by atoms with Crippen LogP contribution in [0.4, 0.5) is 22.0 Å². The van der Waals surface area contributed by atoms with Crippen molar-refractivity contribution in [1.29, 1.82) is 0 Å². The number of nitrogens with zero attached hydrogens (tertiary/aromatic N) is 1. The van der Waals surface area contributed by atoms with E-state index in [1.54, 1.807) is 6.92 Å². The molecule has 1 atom stereocenters. The third-order valence-corrected chi connectivity index (χ3v) is 2.72. The predicted molar refractivity (Wildman–Crippen MR) is 69.9 cm³/mol. The van der Waals surface area contributed by atoms with Gasteiger partial charge in [-0.25, -0.2) is 8.78 Å². The second kappa shape index (κ2) is 7.24. The Morgan fingerprint density at radius 2 is 1.90 bits per heavy atom. The fourth-order valence-corrected chi connectivity index (χ4v) is 1.59. The largest absolute Gasteiger partial charge is 0.390 e. The van der Waals surface area contributed by atoms with Crippen LogP contribution in [-0.4, -0.2) is 25.7 Å². The number of aliphatic imine (C=N–C) groups is 1. The fourth-order valence-electron chi connectivity index (χ4n) is 1.59. The van der Waals surface area contributed by atoms with Crippen LogP contribution in [-0.2, 0) is 0 Å². The Bertz CT molecular complexity index is 499. The third-order valence-electron chi connectivity index (χ3n) is 2.72. The number of guanidine groups is 1. The summed E-state index contributed by atoms with van der Waals surface area (Å²) in [4.78, 5) is 3.77. The number of rotatable bonds is 4. The Morgan fingerprint density at radius 3 is 2.43 bits per heavy atom. The van der Waals surface area contributed by atoms with E-state index >= 15 is 0 Å². The molecule has 1 aromatic rings. The summed E-state index contributed by atoms with van der Waals surface area (Å²) in [5, 5.41) is 5.30. The van der Waals surface area contributed by atoms with E-state index in [1.807, 2.05) is 0 Å². The molecule has 0 radical (unpaired) electrons. The van der Waals surface area contributed by atoms with Gasteiger partial charge in [-0.2, -0.15) is 13.2 Å². The van der Waals surface area contributed by atoms with Crippen LogP contribution < -0.4 is 10.6 Å². The molecule has 0 aliphatic rings. The van der Waals surface area contributed by atoms with Gasteiger partial charge in [0, 0.05) is 13.6 Å². The molecule has 0 bridgehead atoms. The lowest BCUT2D eigenvalue weighted by atomic mass is 10.1. The van der Waals surface area contributed by atoms with Crippen molar-refractivity contribution in [2.75, 3.05) is 13.6 Å². The van der Waals surface area contributed by atoms with E-state index < -0.39 is 30.3 Å². The molecular formula is C13H16F5N3. The van der Waals surface area contributed by atoms with Crippen molar-refractivity contribution in [2.24, 2.45) is 4.99 Å². The average molecular weight is 309 g/mol. The van der Waals surface area contributed by atoms with Gasteiger partial charge in [-0.15, -0.1) is 0 Å². The highest BCUT2D eigenvalue weighted by molar-refractivity contribution is 5.80. The smallest absolute Gasteiger partial charge is 0.356 e. The normalized spacial score (nSPS) is 14.0. The second-order valence-corrected chi connectivity index (χ2v) is 4.40. The molecule has 0 amide bonds. The average Bonchev–Trinajstić information content (AvgIpc) is 2.39. The Kier molecular flexibility index (Phi) is 5.92. The van der Waals surface area contributed by atoms with Gasteiger partial charge in [-0.3, -0.25) is 4.99 Å². The molecule has 0 heterocycles. The Hall–Kier alpha value is -1.86. The summed E-state index contributed by atoms with van der Waals surface area (Å²) in [7, 11) is 1.40. The number of benzene rings is 1. The monoisotopic (exact) mass is 309 g/mol. The number of hydrogen-bond acceptors (Lipinski definition) is 1. The lowest BCUT2D eigenvalue weighted by Gasteiger charge is -2.18. The van der Waals surface area contributed by atoms with Gasteiger partial charge in [0.2, 0.25) is 0 Å². The molecule has 1 unspecified atom stereocenters. The molecular weight excluding hydrogens is 293 g/mol. The highest BCUT2D eigenvalue weighted by Gasteiger charge is 2.26. The molecule has 21 heavy (non-hydrogen) atoms. The van der Waals surface area contributed by atoms with Crippen molar-refractivity contribution >= 4 is 5.96 Å². The first-order chi connectivity index (χ1) is 9.73. The summed E-state index contributed by atoms with van der Waals surface area (Å²) in [6.07, 6.45) is -5.25. The van der Waals surface area contributed by atoms with E-state index in [4.69, 9.17) is 0 Å². The molecule has 0 aromatic heterocycles. The lowest BCUT2D eigenvalue weighted by molar-refractivity contribution is -0.132. The summed E-state index contributed by atoms with van der Waals surface area (Å²) < 4.78 is 62.1. The molecule has 3 nitrogen and oxygen atoms in total. The van der Waals surface area contributed by atoms with Gasteiger partial charge in [0.05, 0.1) is 12.5 Å². The Balaban J connectivity index is 2.58. The van der Waals surface area contributed by atoms with Crippen molar-refractivity contribution in [3.05, 3.63) is 35.4 Å². The maximum absolute atomic E-state index is 13.1. The topological polar surface area (TPSA) is 36.4 Å². The second-order valence-electron chi connectivity index (χ2n) is 4.40. The summed E-state index contributed by atoms with van der Waals surface area (Å²) in [5.41, 5.74) is 0.452. The van der Waals surface area contributed by atoms with E-state index in [1.165, 1.54) is 13.1 Å². The first-order valence-electron chi connectivity index (χ1n) is 6.22. The van der Waals surface area contributed by atoms with Crippen molar-refractivity contribution in [2.45, 2.75) is 25.6 Å². The van der Waals surface area contributed by atoms with Gasteiger partial charge in [-0.1, -0.05) is 6.07 Å². The molecule has 0 spiro atoms. The highest BCUT2D eigenvalue weighted by Crippen LogP contribution is 2.18. The molecule has 0 fully saturated rings. The minimum atomic E-state index is -4.25. The van der Waals surface area contributed by atoms with E-state index in [2.05, 4.69) is 15.6 Å². The molecule has 1 aromatic carbocycles. The quantitative estimate of drug-likeness (QED) is 0.509. The van der Waals surface area contributed by atoms with Gasteiger partial charge in [0.1, 0.15) is 0 Å². The van der Waals surface area contributed by atoms with Crippen LogP contribution in [0.5, 0.6) is 0 Å². The molecule has 0 saturated heterocycles. The summed E-state index contributed by atoms with van der Waals surface area (Å²) >= 11 is 0. The summed E-state index contributed by atoms with van der Waals surface area (Å²) in [5.74, 6) is -1.80. The molecule has 8 heteroatoms. The van der Waals surface area contributed by atoms with E-state index in [0.717, 1.165) is 12.1 Å². The third kappa shape index (κ3) is 5.97. The fraction of sp³-hybridized carbons (Fsp3) is 0.462. The highest BCUT2D eigenvalue weighted by atomic mass is 19.4. The van der Waals surface area contributed by atoms with Crippen LogP contribution in [0.15, 0.2) is 23.2 Å². The van der Waals surface area contributed by atoms with Crippen LogP contribution in [0.1, 0.15) is 24.9 Å².